The van der Waals surface area contributed by atoms with E-state index in [0.717, 1.165) is 18.5 Å². The Hall–Kier alpha value is -1.55. The average molecular weight is 290 g/mol. The lowest BCUT2D eigenvalue weighted by molar-refractivity contribution is -0.145. The van der Waals surface area contributed by atoms with Gasteiger partial charge >= 0.3 is 5.97 Å². The molecule has 116 valence electrons. The van der Waals surface area contributed by atoms with Gasteiger partial charge in [0.25, 0.3) is 0 Å². The topological polar surface area (TPSA) is 55.6 Å². The number of likely N-dealkylation sites (tertiary alicyclic amines) is 1. The lowest BCUT2D eigenvalue weighted by Gasteiger charge is -2.32. The summed E-state index contributed by atoms with van der Waals surface area (Å²) in [6.45, 7) is 3.52. The van der Waals surface area contributed by atoms with Crippen LogP contribution in [0.4, 0.5) is 5.69 Å². The Morgan fingerprint density at radius 1 is 1.48 bits per heavy atom. The lowest BCUT2D eigenvalue weighted by Crippen LogP contribution is -2.37. The fourth-order valence-electron chi connectivity index (χ4n) is 2.89. The molecule has 0 amide bonds. The molecule has 2 N–H and O–H groups in total. The van der Waals surface area contributed by atoms with E-state index in [4.69, 9.17) is 10.5 Å². The van der Waals surface area contributed by atoms with Gasteiger partial charge in [0.1, 0.15) is 0 Å². The molecule has 0 radical (unpaired) electrons. The summed E-state index contributed by atoms with van der Waals surface area (Å²) in [4.78, 5) is 14.5. The van der Waals surface area contributed by atoms with Crippen LogP contribution in [-0.4, -0.2) is 37.1 Å². The van der Waals surface area contributed by atoms with Crippen LogP contribution >= 0.6 is 0 Å². The van der Waals surface area contributed by atoms with Crippen molar-refractivity contribution in [2.75, 3.05) is 25.9 Å². The number of nitrogens with two attached hydrogens (primary N) is 1. The molecule has 2 atom stereocenters. The van der Waals surface area contributed by atoms with Crippen molar-refractivity contribution in [3.63, 3.8) is 0 Å². The first-order valence-corrected chi connectivity index (χ1v) is 7.80. The van der Waals surface area contributed by atoms with Gasteiger partial charge in [-0.15, -0.1) is 0 Å². The molecule has 0 aliphatic carbocycles. The van der Waals surface area contributed by atoms with E-state index in [2.05, 4.69) is 11.9 Å². The standard InChI is InChI=1S/C17H26N2O2/c1-13(14-6-5-7-15(18)12-14)17(20)21-11-9-16-8-3-4-10-19(16)2/h5-7,12-13,16H,3-4,8-11,18H2,1-2H3. The van der Waals surface area contributed by atoms with Crippen LogP contribution in [0.1, 0.15) is 44.1 Å². The van der Waals surface area contributed by atoms with Gasteiger partial charge in [0.15, 0.2) is 0 Å². The zero-order valence-electron chi connectivity index (χ0n) is 13.0. The van der Waals surface area contributed by atoms with Crippen LogP contribution in [0.2, 0.25) is 0 Å². The van der Waals surface area contributed by atoms with Crippen molar-refractivity contribution < 1.29 is 9.53 Å². The van der Waals surface area contributed by atoms with Crippen molar-refractivity contribution >= 4 is 11.7 Å². The molecule has 0 spiro atoms. The van der Waals surface area contributed by atoms with E-state index in [9.17, 15) is 4.79 Å². The molecule has 0 bridgehead atoms. The molecule has 1 aromatic carbocycles. The van der Waals surface area contributed by atoms with Gasteiger partial charge in [-0.25, -0.2) is 0 Å². The number of hydrogen-bond acceptors (Lipinski definition) is 4. The fraction of sp³-hybridized carbons (Fsp3) is 0.588. The highest BCUT2D eigenvalue weighted by Gasteiger charge is 2.21. The lowest BCUT2D eigenvalue weighted by atomic mass is 10.00. The quantitative estimate of drug-likeness (QED) is 0.669. The number of carbonyl (C=O) groups is 1. The third kappa shape index (κ3) is 4.46. The van der Waals surface area contributed by atoms with Crippen molar-refractivity contribution in [1.82, 2.24) is 4.90 Å². The van der Waals surface area contributed by atoms with Gasteiger partial charge < -0.3 is 15.4 Å². The average Bonchev–Trinajstić information content (AvgIpc) is 2.48. The summed E-state index contributed by atoms with van der Waals surface area (Å²) < 4.78 is 5.44. The largest absolute Gasteiger partial charge is 0.465 e. The van der Waals surface area contributed by atoms with Gasteiger partial charge in [-0.05, 0) is 57.5 Å². The molecule has 1 aromatic rings. The Morgan fingerprint density at radius 2 is 2.29 bits per heavy atom. The molecular weight excluding hydrogens is 264 g/mol. The van der Waals surface area contributed by atoms with Crippen LogP contribution < -0.4 is 5.73 Å². The SMILES string of the molecule is CC(C(=O)OCCC1CCCCN1C)c1cccc(N)c1. The Morgan fingerprint density at radius 3 is 3.00 bits per heavy atom. The number of piperidine rings is 1. The third-order valence-corrected chi connectivity index (χ3v) is 4.38. The minimum Gasteiger partial charge on any atom is -0.465 e. The van der Waals surface area contributed by atoms with Crippen LogP contribution in [0.3, 0.4) is 0 Å². The maximum atomic E-state index is 12.1. The highest BCUT2D eigenvalue weighted by molar-refractivity contribution is 5.78. The van der Waals surface area contributed by atoms with Gasteiger partial charge in [0.2, 0.25) is 0 Å². The molecule has 0 saturated carbocycles. The van der Waals surface area contributed by atoms with Crippen molar-refractivity contribution in [2.45, 2.75) is 44.6 Å². The van der Waals surface area contributed by atoms with E-state index in [0.29, 0.717) is 18.3 Å². The maximum Gasteiger partial charge on any atom is 0.313 e. The van der Waals surface area contributed by atoms with Crippen LogP contribution in [0.5, 0.6) is 0 Å². The predicted octanol–water partition coefficient (Wildman–Crippen LogP) is 2.79. The second-order valence-electron chi connectivity index (χ2n) is 5.98. The minimum absolute atomic E-state index is 0.168. The van der Waals surface area contributed by atoms with Crippen LogP contribution in [-0.2, 0) is 9.53 Å². The molecule has 1 aliphatic rings. The van der Waals surface area contributed by atoms with Crippen LogP contribution in [0, 0.1) is 0 Å². The monoisotopic (exact) mass is 290 g/mol. The first kappa shape index (κ1) is 15.8. The zero-order valence-corrected chi connectivity index (χ0v) is 13.0. The second-order valence-corrected chi connectivity index (χ2v) is 5.98. The first-order valence-electron chi connectivity index (χ1n) is 7.80. The molecule has 4 nitrogen and oxygen atoms in total. The number of nitrogens with zero attached hydrogens (tertiary/aromatic N) is 1. The minimum atomic E-state index is -0.266. The third-order valence-electron chi connectivity index (χ3n) is 4.38. The van der Waals surface area contributed by atoms with Gasteiger partial charge in [-0.1, -0.05) is 18.6 Å². The summed E-state index contributed by atoms with van der Waals surface area (Å²) in [5.41, 5.74) is 7.34. The zero-order chi connectivity index (χ0) is 15.2. The molecule has 1 heterocycles. The Bertz CT molecular complexity index is 476. The molecule has 21 heavy (non-hydrogen) atoms. The molecule has 1 fully saturated rings. The van der Waals surface area contributed by atoms with Crippen LogP contribution in [0.25, 0.3) is 0 Å². The summed E-state index contributed by atoms with van der Waals surface area (Å²) >= 11 is 0. The van der Waals surface area contributed by atoms with Crippen molar-refractivity contribution in [3.8, 4) is 0 Å². The number of hydrogen-bond donors (Lipinski definition) is 1. The van der Waals surface area contributed by atoms with Gasteiger partial charge in [0, 0.05) is 11.7 Å². The Kier molecular flexibility index (Phi) is 5.62. The summed E-state index contributed by atoms with van der Waals surface area (Å²) in [7, 11) is 2.15. The maximum absolute atomic E-state index is 12.1. The highest BCUT2D eigenvalue weighted by Crippen LogP contribution is 2.21. The van der Waals surface area contributed by atoms with Gasteiger partial charge in [0.05, 0.1) is 12.5 Å². The fourth-order valence-corrected chi connectivity index (χ4v) is 2.89. The second kappa shape index (κ2) is 7.46. The molecule has 0 aromatic heterocycles. The van der Waals surface area contributed by atoms with Crippen LogP contribution in [0.15, 0.2) is 24.3 Å². The van der Waals surface area contributed by atoms with Gasteiger partial charge in [-0.3, -0.25) is 4.79 Å². The number of nitrogen functional groups attached to an aromatic ring is 1. The van der Waals surface area contributed by atoms with E-state index in [1.807, 2.05) is 31.2 Å². The van der Waals surface area contributed by atoms with Crippen molar-refractivity contribution in [2.24, 2.45) is 0 Å². The van der Waals surface area contributed by atoms with E-state index < -0.39 is 0 Å². The number of benzene rings is 1. The van der Waals surface area contributed by atoms with E-state index >= 15 is 0 Å². The molecule has 2 unspecified atom stereocenters. The number of rotatable bonds is 5. The number of ether oxygens (including phenoxy) is 1. The molecule has 2 rings (SSSR count). The molecule has 1 saturated heterocycles. The summed E-state index contributed by atoms with van der Waals surface area (Å²) in [5, 5.41) is 0. The number of carbonyl (C=O) groups excluding carboxylic acids is 1. The summed E-state index contributed by atoms with van der Waals surface area (Å²) in [6.07, 6.45) is 4.69. The summed E-state index contributed by atoms with van der Waals surface area (Å²) in [5.74, 6) is -0.434. The summed E-state index contributed by atoms with van der Waals surface area (Å²) in [6, 6.07) is 7.98. The normalized spacial score (nSPS) is 21.0. The first-order chi connectivity index (χ1) is 10.1. The van der Waals surface area contributed by atoms with Crippen molar-refractivity contribution in [3.05, 3.63) is 29.8 Å². The Balaban J connectivity index is 1.78. The van der Waals surface area contributed by atoms with Gasteiger partial charge in [-0.2, -0.15) is 0 Å². The molecular formula is C17H26N2O2. The van der Waals surface area contributed by atoms with E-state index in [1.54, 1.807) is 0 Å². The Labute approximate surface area is 127 Å². The molecule has 1 aliphatic heterocycles. The van der Waals surface area contributed by atoms with E-state index in [-0.39, 0.29) is 11.9 Å². The predicted molar refractivity (Wildman–Crippen MR) is 85.1 cm³/mol. The van der Waals surface area contributed by atoms with E-state index in [1.165, 1.54) is 19.3 Å². The van der Waals surface area contributed by atoms with Crippen molar-refractivity contribution in [1.29, 1.82) is 0 Å². The highest BCUT2D eigenvalue weighted by atomic mass is 16.5. The smallest absolute Gasteiger partial charge is 0.313 e. The molecule has 4 heteroatoms. The number of anilines is 1. The number of esters is 1.